The lowest BCUT2D eigenvalue weighted by Gasteiger charge is -2.08. The lowest BCUT2D eigenvalue weighted by Crippen LogP contribution is -2.31. The van der Waals surface area contributed by atoms with Gasteiger partial charge < -0.3 is 5.73 Å². The molecule has 4 N–H and O–H groups in total. The van der Waals surface area contributed by atoms with Gasteiger partial charge in [-0.1, -0.05) is 12.1 Å². The number of hydrazine groups is 1. The number of aromatic nitrogens is 1. The standard InChI is InChI=1S/C14H16N4OS/c1-10-5-6-11(15)12(8-10)20-9-14(19)18-17-13-4-2-3-7-16-13/h2-8H,9,15H2,1H3,(H,16,17)(H,18,19). The van der Waals surface area contributed by atoms with Gasteiger partial charge in [-0.15, -0.1) is 11.8 Å². The second-order valence-electron chi connectivity index (χ2n) is 4.22. The number of rotatable bonds is 5. The molecule has 2 rings (SSSR count). The van der Waals surface area contributed by atoms with Crippen LogP contribution in [0.3, 0.4) is 0 Å². The summed E-state index contributed by atoms with van der Waals surface area (Å²) in [5.41, 5.74) is 13.0. The van der Waals surface area contributed by atoms with Gasteiger partial charge in [-0.05, 0) is 36.8 Å². The number of carbonyl (C=O) groups is 1. The predicted octanol–water partition coefficient (Wildman–Crippen LogP) is 2.21. The van der Waals surface area contributed by atoms with Crippen LogP contribution < -0.4 is 16.6 Å². The highest BCUT2D eigenvalue weighted by Crippen LogP contribution is 2.25. The SMILES string of the molecule is Cc1ccc(N)c(SCC(=O)NNc2ccccn2)c1. The van der Waals surface area contributed by atoms with Crippen molar-refractivity contribution < 1.29 is 4.79 Å². The number of thioether (sulfide) groups is 1. The van der Waals surface area contributed by atoms with E-state index < -0.39 is 0 Å². The number of carbonyl (C=O) groups excluding carboxylic acids is 1. The Morgan fingerprint density at radius 2 is 2.20 bits per heavy atom. The summed E-state index contributed by atoms with van der Waals surface area (Å²) in [7, 11) is 0. The molecule has 0 aliphatic heterocycles. The normalized spacial score (nSPS) is 10.1. The van der Waals surface area contributed by atoms with Crippen molar-refractivity contribution in [1.82, 2.24) is 10.4 Å². The quantitative estimate of drug-likeness (QED) is 0.446. The fraction of sp³-hybridized carbons (Fsp3) is 0.143. The first-order valence-corrected chi connectivity index (χ1v) is 7.08. The summed E-state index contributed by atoms with van der Waals surface area (Å²) in [4.78, 5) is 16.7. The van der Waals surface area contributed by atoms with Crippen LogP contribution in [0.4, 0.5) is 11.5 Å². The number of aryl methyl sites for hydroxylation is 1. The lowest BCUT2D eigenvalue weighted by atomic mass is 10.2. The van der Waals surface area contributed by atoms with Crippen molar-refractivity contribution in [2.24, 2.45) is 0 Å². The van der Waals surface area contributed by atoms with E-state index in [1.54, 1.807) is 12.3 Å². The predicted molar refractivity (Wildman–Crippen MR) is 82.3 cm³/mol. The molecule has 0 atom stereocenters. The topological polar surface area (TPSA) is 80.0 Å². The summed E-state index contributed by atoms with van der Waals surface area (Å²) < 4.78 is 0. The molecule has 6 heteroatoms. The van der Waals surface area contributed by atoms with Gasteiger partial charge in [0.1, 0.15) is 5.82 Å². The first-order chi connectivity index (χ1) is 9.65. The van der Waals surface area contributed by atoms with Crippen LogP contribution in [0, 0.1) is 6.92 Å². The molecule has 0 radical (unpaired) electrons. The van der Waals surface area contributed by atoms with Crippen LogP contribution in [0.5, 0.6) is 0 Å². The van der Waals surface area contributed by atoms with E-state index in [0.29, 0.717) is 11.5 Å². The number of benzene rings is 1. The molecule has 2 aromatic rings. The average molecular weight is 288 g/mol. The van der Waals surface area contributed by atoms with E-state index in [-0.39, 0.29) is 11.7 Å². The maximum absolute atomic E-state index is 11.7. The Morgan fingerprint density at radius 1 is 1.35 bits per heavy atom. The molecule has 0 fully saturated rings. The third kappa shape index (κ3) is 4.17. The zero-order valence-electron chi connectivity index (χ0n) is 11.1. The number of nitrogens with one attached hydrogen (secondary N) is 2. The average Bonchev–Trinajstić information content (AvgIpc) is 2.47. The van der Waals surface area contributed by atoms with Gasteiger partial charge >= 0.3 is 0 Å². The lowest BCUT2D eigenvalue weighted by molar-refractivity contribution is -0.118. The van der Waals surface area contributed by atoms with E-state index in [1.165, 1.54) is 11.8 Å². The number of pyridine rings is 1. The zero-order chi connectivity index (χ0) is 14.4. The van der Waals surface area contributed by atoms with Gasteiger partial charge in [-0.25, -0.2) is 4.98 Å². The Bertz CT molecular complexity index is 589. The van der Waals surface area contributed by atoms with Crippen molar-refractivity contribution in [3.8, 4) is 0 Å². The first kappa shape index (κ1) is 14.2. The molecule has 0 aliphatic rings. The number of hydrogen-bond donors (Lipinski definition) is 3. The molecule has 0 saturated heterocycles. The first-order valence-electron chi connectivity index (χ1n) is 6.10. The molecule has 0 unspecified atom stereocenters. The zero-order valence-corrected chi connectivity index (χ0v) is 11.9. The van der Waals surface area contributed by atoms with E-state index in [1.807, 2.05) is 37.3 Å². The van der Waals surface area contributed by atoms with Crippen LogP contribution in [-0.4, -0.2) is 16.6 Å². The summed E-state index contributed by atoms with van der Waals surface area (Å²) in [6, 6.07) is 11.2. The van der Waals surface area contributed by atoms with Gasteiger partial charge in [0, 0.05) is 16.8 Å². The van der Waals surface area contributed by atoms with E-state index in [4.69, 9.17) is 5.73 Å². The molecule has 1 aromatic carbocycles. The van der Waals surface area contributed by atoms with Gasteiger partial charge in [-0.2, -0.15) is 0 Å². The largest absolute Gasteiger partial charge is 0.398 e. The van der Waals surface area contributed by atoms with E-state index in [9.17, 15) is 4.79 Å². The van der Waals surface area contributed by atoms with Crippen LogP contribution in [0.2, 0.25) is 0 Å². The van der Waals surface area contributed by atoms with Gasteiger partial charge in [0.25, 0.3) is 0 Å². The van der Waals surface area contributed by atoms with Gasteiger partial charge in [0.15, 0.2) is 0 Å². The van der Waals surface area contributed by atoms with Crippen LogP contribution in [0.1, 0.15) is 5.56 Å². The summed E-state index contributed by atoms with van der Waals surface area (Å²) >= 11 is 1.41. The monoisotopic (exact) mass is 288 g/mol. The Morgan fingerprint density at radius 3 is 2.95 bits per heavy atom. The van der Waals surface area contributed by atoms with Crippen LogP contribution in [0.15, 0.2) is 47.5 Å². The Kier molecular flexibility index (Phi) is 4.84. The summed E-state index contributed by atoms with van der Waals surface area (Å²) in [6.45, 7) is 1.99. The Hall–Kier alpha value is -2.21. The fourth-order valence-electron chi connectivity index (χ4n) is 1.52. The second-order valence-corrected chi connectivity index (χ2v) is 5.24. The number of nitrogens with two attached hydrogens (primary N) is 1. The van der Waals surface area contributed by atoms with Gasteiger partial charge in [-0.3, -0.25) is 15.6 Å². The summed E-state index contributed by atoms with van der Waals surface area (Å²) in [5.74, 6) is 0.746. The highest BCUT2D eigenvalue weighted by Gasteiger charge is 2.05. The molecule has 0 aliphatic carbocycles. The molecule has 5 nitrogen and oxygen atoms in total. The third-order valence-electron chi connectivity index (χ3n) is 2.52. The van der Waals surface area contributed by atoms with Crippen molar-refractivity contribution in [2.45, 2.75) is 11.8 Å². The minimum absolute atomic E-state index is 0.137. The highest BCUT2D eigenvalue weighted by molar-refractivity contribution is 8.00. The van der Waals surface area contributed by atoms with Crippen LogP contribution in [-0.2, 0) is 4.79 Å². The van der Waals surface area contributed by atoms with Crippen molar-refractivity contribution in [1.29, 1.82) is 0 Å². The fourth-order valence-corrected chi connectivity index (χ4v) is 2.38. The van der Waals surface area contributed by atoms with E-state index >= 15 is 0 Å². The number of nitrogens with zero attached hydrogens (tertiary/aromatic N) is 1. The smallest absolute Gasteiger partial charge is 0.248 e. The Balaban J connectivity index is 1.82. The number of hydrogen-bond acceptors (Lipinski definition) is 5. The second kappa shape index (κ2) is 6.81. The van der Waals surface area contributed by atoms with Crippen molar-refractivity contribution in [3.05, 3.63) is 48.2 Å². The minimum Gasteiger partial charge on any atom is -0.398 e. The summed E-state index contributed by atoms with van der Waals surface area (Å²) in [5, 5.41) is 0. The molecule has 1 amide bonds. The molecule has 0 bridgehead atoms. The van der Waals surface area contributed by atoms with E-state index in [0.717, 1.165) is 10.5 Å². The third-order valence-corrected chi connectivity index (χ3v) is 3.59. The number of nitrogen functional groups attached to an aromatic ring is 1. The molecular weight excluding hydrogens is 272 g/mol. The number of anilines is 2. The minimum atomic E-state index is -0.137. The maximum atomic E-state index is 11.7. The molecule has 0 saturated carbocycles. The van der Waals surface area contributed by atoms with Crippen LogP contribution >= 0.6 is 11.8 Å². The highest BCUT2D eigenvalue weighted by atomic mass is 32.2. The molecule has 104 valence electrons. The number of amides is 1. The molecule has 20 heavy (non-hydrogen) atoms. The summed E-state index contributed by atoms with van der Waals surface area (Å²) in [6.07, 6.45) is 1.65. The van der Waals surface area contributed by atoms with E-state index in [2.05, 4.69) is 15.8 Å². The molecular formula is C14H16N4OS. The molecule has 1 heterocycles. The molecule has 0 spiro atoms. The van der Waals surface area contributed by atoms with Gasteiger partial charge in [0.05, 0.1) is 5.75 Å². The Labute approximate surface area is 121 Å². The van der Waals surface area contributed by atoms with Gasteiger partial charge in [0.2, 0.25) is 5.91 Å². The van der Waals surface area contributed by atoms with Crippen molar-refractivity contribution >= 4 is 29.2 Å². The molecule has 1 aromatic heterocycles. The van der Waals surface area contributed by atoms with Crippen molar-refractivity contribution in [2.75, 3.05) is 16.9 Å². The van der Waals surface area contributed by atoms with Crippen molar-refractivity contribution in [3.63, 3.8) is 0 Å². The van der Waals surface area contributed by atoms with Crippen LogP contribution in [0.25, 0.3) is 0 Å². The maximum Gasteiger partial charge on any atom is 0.248 e.